The van der Waals surface area contributed by atoms with Crippen LogP contribution in [0.5, 0.6) is 0 Å². The van der Waals surface area contributed by atoms with Crippen LogP contribution in [-0.4, -0.2) is 46.4 Å². The Kier molecular flexibility index (Phi) is 8.18. The van der Waals surface area contributed by atoms with Crippen molar-refractivity contribution in [1.29, 1.82) is 0 Å². The molecule has 1 aliphatic rings. The summed E-state index contributed by atoms with van der Waals surface area (Å²) in [5, 5.41) is 4.56. The largest absolute Gasteiger partial charge is 0.326 e. The summed E-state index contributed by atoms with van der Waals surface area (Å²) < 4.78 is 56.1. The van der Waals surface area contributed by atoms with E-state index >= 15 is 0 Å². The molecule has 8 nitrogen and oxygen atoms in total. The van der Waals surface area contributed by atoms with Crippen LogP contribution in [0.2, 0.25) is 0 Å². The first kappa shape index (κ1) is 28.2. The molecule has 1 heterocycles. The Morgan fingerprint density at radius 1 is 0.800 bits per heavy atom. The lowest BCUT2D eigenvalue weighted by Gasteiger charge is -2.30. The molecule has 0 radical (unpaired) electrons. The molecule has 1 aliphatic heterocycles. The van der Waals surface area contributed by atoms with E-state index in [-0.39, 0.29) is 34.7 Å². The van der Waals surface area contributed by atoms with E-state index in [9.17, 15) is 21.6 Å². The fourth-order valence-electron chi connectivity index (χ4n) is 4.73. The first-order chi connectivity index (χ1) is 19.2. The Morgan fingerprint density at radius 2 is 1.43 bits per heavy atom. The lowest BCUT2D eigenvalue weighted by Crippen LogP contribution is -2.41. The van der Waals surface area contributed by atoms with E-state index in [1.807, 2.05) is 36.6 Å². The number of nitrogens with one attached hydrogen (secondary N) is 2. The zero-order chi connectivity index (χ0) is 28.3. The number of carbonyl (C=O) groups excluding carboxylic acids is 1. The first-order valence-electron chi connectivity index (χ1n) is 12.7. The number of anilines is 2. The number of hydrogen-bond donors (Lipinski definition) is 2. The molecule has 0 saturated carbocycles. The van der Waals surface area contributed by atoms with Gasteiger partial charge in [-0.15, -0.1) is 11.8 Å². The van der Waals surface area contributed by atoms with Gasteiger partial charge in [0.25, 0.3) is 10.0 Å². The summed E-state index contributed by atoms with van der Waals surface area (Å²) in [6, 6.07) is 25.7. The van der Waals surface area contributed by atoms with E-state index < -0.39 is 20.0 Å². The van der Waals surface area contributed by atoms with Crippen LogP contribution in [0, 0.1) is 5.92 Å². The van der Waals surface area contributed by atoms with Crippen molar-refractivity contribution < 1.29 is 21.6 Å². The van der Waals surface area contributed by atoms with Gasteiger partial charge in [-0.2, -0.15) is 4.31 Å². The van der Waals surface area contributed by atoms with Crippen molar-refractivity contribution in [1.82, 2.24) is 4.31 Å². The Labute approximate surface area is 238 Å². The Hall–Kier alpha value is -3.38. The number of nitrogens with zero attached hydrogens (tertiary/aromatic N) is 1. The molecule has 1 saturated heterocycles. The van der Waals surface area contributed by atoms with E-state index in [1.165, 1.54) is 16.4 Å². The minimum Gasteiger partial charge on any atom is -0.326 e. The van der Waals surface area contributed by atoms with E-state index in [0.717, 1.165) is 15.7 Å². The maximum Gasteiger partial charge on any atom is 0.261 e. The van der Waals surface area contributed by atoms with Gasteiger partial charge in [0.05, 0.1) is 15.5 Å². The highest BCUT2D eigenvalue weighted by atomic mass is 32.2. The molecule has 2 N–H and O–H groups in total. The second kappa shape index (κ2) is 11.6. The summed E-state index contributed by atoms with van der Waals surface area (Å²) >= 11 is 1.54. The number of hydrogen-bond acceptors (Lipinski definition) is 6. The SMILES string of the molecule is CSc1ccc(S(=O)(=O)N2CCC(C(=O)Nc3ccc(S(=O)(=O)Nc4cccc5ccccc45)cc3)CC2)cc1. The topological polar surface area (TPSA) is 113 Å². The van der Waals surface area contributed by atoms with Crippen LogP contribution in [-0.2, 0) is 24.8 Å². The van der Waals surface area contributed by atoms with Crippen LogP contribution in [0.3, 0.4) is 0 Å². The maximum absolute atomic E-state index is 13.0. The number of sulfonamides is 2. The lowest BCUT2D eigenvalue weighted by atomic mass is 9.97. The van der Waals surface area contributed by atoms with Gasteiger partial charge in [0.15, 0.2) is 0 Å². The Morgan fingerprint density at radius 3 is 2.10 bits per heavy atom. The molecule has 208 valence electrons. The molecule has 0 aliphatic carbocycles. The van der Waals surface area contributed by atoms with E-state index in [4.69, 9.17) is 0 Å². The van der Waals surface area contributed by atoms with Gasteiger partial charge >= 0.3 is 0 Å². The van der Waals surface area contributed by atoms with E-state index in [1.54, 1.807) is 60.3 Å². The third-order valence-corrected chi connectivity index (χ3v) is 11.0. The van der Waals surface area contributed by atoms with Crippen molar-refractivity contribution in [3.63, 3.8) is 0 Å². The molecular formula is C29H29N3O5S3. The van der Waals surface area contributed by atoms with Crippen molar-refractivity contribution in [2.75, 3.05) is 29.4 Å². The highest BCUT2D eigenvalue weighted by molar-refractivity contribution is 7.98. The Bertz CT molecular complexity index is 1730. The van der Waals surface area contributed by atoms with Crippen LogP contribution >= 0.6 is 11.8 Å². The average molecular weight is 596 g/mol. The standard InChI is InChI=1S/C29H29N3O5S3/c1-38-24-11-15-26(16-12-24)40(36,37)32-19-17-22(18-20-32)29(33)30-23-9-13-25(14-10-23)39(34,35)31-28-8-4-6-21-5-2-3-7-27(21)28/h2-16,22,31H,17-20H2,1H3,(H,30,33). The van der Waals surface area contributed by atoms with Gasteiger partial charge in [-0.25, -0.2) is 16.8 Å². The van der Waals surface area contributed by atoms with Crippen LogP contribution in [0.15, 0.2) is 106 Å². The molecule has 5 rings (SSSR count). The van der Waals surface area contributed by atoms with Gasteiger partial charge in [-0.05, 0) is 79.1 Å². The van der Waals surface area contributed by atoms with Crippen molar-refractivity contribution in [2.24, 2.45) is 5.92 Å². The second-order valence-corrected chi connectivity index (χ2v) is 14.0. The number of fused-ring (bicyclic) bond motifs is 1. The van der Waals surface area contributed by atoms with Crippen LogP contribution in [0.25, 0.3) is 10.8 Å². The fourth-order valence-corrected chi connectivity index (χ4v) is 7.69. The molecule has 0 atom stereocenters. The van der Waals surface area contributed by atoms with Gasteiger partial charge in [-0.1, -0.05) is 36.4 Å². The second-order valence-electron chi connectivity index (χ2n) is 9.50. The normalized spacial score (nSPS) is 15.1. The fraction of sp³-hybridized carbons (Fsp3) is 0.207. The molecule has 0 bridgehead atoms. The minimum absolute atomic E-state index is 0.0718. The number of piperidine rings is 1. The summed E-state index contributed by atoms with van der Waals surface area (Å²) in [5.74, 6) is -0.562. The molecule has 1 fully saturated rings. The summed E-state index contributed by atoms with van der Waals surface area (Å²) in [6.45, 7) is 0.503. The monoisotopic (exact) mass is 595 g/mol. The average Bonchev–Trinajstić information content (AvgIpc) is 2.97. The lowest BCUT2D eigenvalue weighted by molar-refractivity contribution is -0.120. The van der Waals surface area contributed by atoms with E-state index in [0.29, 0.717) is 24.2 Å². The van der Waals surface area contributed by atoms with Crippen molar-refractivity contribution in [3.05, 3.63) is 91.0 Å². The third kappa shape index (κ3) is 6.02. The minimum atomic E-state index is -3.84. The van der Waals surface area contributed by atoms with Gasteiger partial charge in [0, 0.05) is 35.0 Å². The maximum atomic E-state index is 13.0. The number of rotatable bonds is 8. The zero-order valence-corrected chi connectivity index (χ0v) is 24.2. The number of benzene rings is 4. The summed E-state index contributed by atoms with van der Waals surface area (Å²) in [4.78, 5) is 14.2. The molecule has 0 unspecified atom stereocenters. The first-order valence-corrected chi connectivity index (χ1v) is 16.9. The number of amides is 1. The molecule has 0 aromatic heterocycles. The molecule has 11 heteroatoms. The molecule has 0 spiro atoms. The molecule has 1 amide bonds. The number of carbonyl (C=O) groups is 1. The van der Waals surface area contributed by atoms with Crippen LogP contribution in [0.1, 0.15) is 12.8 Å². The Balaban J connectivity index is 1.19. The summed E-state index contributed by atoms with van der Waals surface area (Å²) in [5.41, 5.74) is 0.957. The van der Waals surface area contributed by atoms with Crippen LogP contribution < -0.4 is 10.0 Å². The van der Waals surface area contributed by atoms with Gasteiger partial charge < -0.3 is 5.32 Å². The third-order valence-electron chi connectivity index (χ3n) is 6.99. The van der Waals surface area contributed by atoms with Crippen molar-refractivity contribution in [2.45, 2.75) is 27.5 Å². The zero-order valence-electron chi connectivity index (χ0n) is 21.8. The van der Waals surface area contributed by atoms with Crippen molar-refractivity contribution in [3.8, 4) is 0 Å². The smallest absolute Gasteiger partial charge is 0.261 e. The van der Waals surface area contributed by atoms with Crippen molar-refractivity contribution >= 4 is 59.9 Å². The van der Waals surface area contributed by atoms with Crippen LogP contribution in [0.4, 0.5) is 11.4 Å². The summed E-state index contributed by atoms with van der Waals surface area (Å²) in [7, 11) is -7.46. The molecule has 40 heavy (non-hydrogen) atoms. The number of thioether (sulfide) groups is 1. The predicted octanol–water partition coefficient (Wildman–Crippen LogP) is 5.40. The van der Waals surface area contributed by atoms with Gasteiger partial charge in [-0.3, -0.25) is 9.52 Å². The highest BCUT2D eigenvalue weighted by Crippen LogP contribution is 2.28. The molecular weight excluding hydrogens is 567 g/mol. The van der Waals surface area contributed by atoms with E-state index in [2.05, 4.69) is 10.0 Å². The predicted molar refractivity (Wildman–Crippen MR) is 160 cm³/mol. The summed E-state index contributed by atoms with van der Waals surface area (Å²) in [6.07, 6.45) is 2.73. The molecule has 4 aromatic carbocycles. The highest BCUT2D eigenvalue weighted by Gasteiger charge is 2.32. The molecule has 4 aromatic rings. The van der Waals surface area contributed by atoms with Gasteiger partial charge in [0.2, 0.25) is 15.9 Å². The quantitative estimate of drug-likeness (QED) is 0.264. The van der Waals surface area contributed by atoms with Gasteiger partial charge in [0.1, 0.15) is 0 Å².